The molecule has 0 fully saturated rings. The third-order valence-electron chi connectivity index (χ3n) is 3.62. The highest BCUT2D eigenvalue weighted by atomic mass is 35.5. The predicted octanol–water partition coefficient (Wildman–Crippen LogP) is 4.09. The molecule has 0 aliphatic heterocycles. The summed E-state index contributed by atoms with van der Waals surface area (Å²) >= 11 is 6.23. The summed E-state index contributed by atoms with van der Waals surface area (Å²) in [5, 5.41) is 5.06. The summed E-state index contributed by atoms with van der Waals surface area (Å²) in [5.74, 6) is 0.948. The predicted molar refractivity (Wildman–Crippen MR) is 79.1 cm³/mol. The number of rotatable bonds is 2. The maximum atomic E-state index is 12.8. The van der Waals surface area contributed by atoms with Gasteiger partial charge in [-0.3, -0.25) is 4.79 Å². The SMILES string of the molecule is CCOc1cc(Cl)c2noc3c2c1C(=O)c1ccccc1-3. The van der Waals surface area contributed by atoms with Crippen LogP contribution in [-0.2, 0) is 0 Å². The van der Waals surface area contributed by atoms with E-state index in [9.17, 15) is 4.79 Å². The summed E-state index contributed by atoms with van der Waals surface area (Å²) in [7, 11) is 0. The minimum atomic E-state index is -0.0913. The van der Waals surface area contributed by atoms with Crippen molar-refractivity contribution < 1.29 is 14.1 Å². The van der Waals surface area contributed by atoms with Gasteiger partial charge in [0, 0.05) is 17.2 Å². The van der Waals surface area contributed by atoms with Gasteiger partial charge >= 0.3 is 0 Å². The van der Waals surface area contributed by atoms with E-state index in [1.165, 1.54) is 0 Å². The molecule has 1 heterocycles. The van der Waals surface area contributed by atoms with Crippen LogP contribution in [0.2, 0.25) is 5.02 Å². The summed E-state index contributed by atoms with van der Waals surface area (Å²) in [4.78, 5) is 12.8. The van der Waals surface area contributed by atoms with E-state index in [1.54, 1.807) is 12.1 Å². The number of benzene rings is 2. The Balaban J connectivity index is 2.18. The molecule has 0 saturated heterocycles. The molecule has 5 heteroatoms. The molecule has 0 unspecified atom stereocenters. The number of fused-ring (bicyclic) bond motifs is 2. The van der Waals surface area contributed by atoms with Crippen molar-refractivity contribution in [3.8, 4) is 17.1 Å². The molecular weight excluding hydrogens is 290 g/mol. The first-order chi connectivity index (χ1) is 10.2. The molecule has 0 N–H and O–H groups in total. The molecule has 0 atom stereocenters. The maximum absolute atomic E-state index is 12.8. The molecule has 21 heavy (non-hydrogen) atoms. The molecule has 4 rings (SSSR count). The normalized spacial score (nSPS) is 12.6. The average Bonchev–Trinajstić information content (AvgIpc) is 2.92. The fourth-order valence-electron chi connectivity index (χ4n) is 2.76. The number of nitrogens with zero attached hydrogens (tertiary/aromatic N) is 1. The molecule has 104 valence electrons. The first-order valence-corrected chi connectivity index (χ1v) is 6.99. The van der Waals surface area contributed by atoms with Gasteiger partial charge in [0.05, 0.1) is 22.6 Å². The maximum Gasteiger partial charge on any atom is 0.198 e. The molecule has 0 radical (unpaired) electrons. The van der Waals surface area contributed by atoms with Crippen molar-refractivity contribution in [2.24, 2.45) is 0 Å². The second kappa shape index (κ2) is 4.33. The second-order valence-corrected chi connectivity index (χ2v) is 5.18. The number of aromatic nitrogens is 1. The van der Waals surface area contributed by atoms with E-state index in [-0.39, 0.29) is 5.78 Å². The van der Waals surface area contributed by atoms with Crippen LogP contribution in [0.1, 0.15) is 22.8 Å². The second-order valence-electron chi connectivity index (χ2n) is 4.77. The van der Waals surface area contributed by atoms with E-state index in [0.29, 0.717) is 45.2 Å². The van der Waals surface area contributed by atoms with Crippen molar-refractivity contribution in [1.82, 2.24) is 5.16 Å². The first-order valence-electron chi connectivity index (χ1n) is 6.61. The zero-order valence-electron chi connectivity index (χ0n) is 11.1. The van der Waals surface area contributed by atoms with E-state index in [0.717, 1.165) is 5.56 Å². The van der Waals surface area contributed by atoms with Crippen LogP contribution >= 0.6 is 11.6 Å². The van der Waals surface area contributed by atoms with Crippen LogP contribution in [0.5, 0.6) is 5.75 Å². The lowest BCUT2D eigenvalue weighted by atomic mass is 9.87. The Morgan fingerprint density at radius 1 is 1.29 bits per heavy atom. The van der Waals surface area contributed by atoms with Gasteiger partial charge in [-0.2, -0.15) is 0 Å². The van der Waals surface area contributed by atoms with Gasteiger partial charge in [-0.1, -0.05) is 41.0 Å². The highest BCUT2D eigenvalue weighted by molar-refractivity contribution is 6.38. The Hall–Kier alpha value is -2.33. The largest absolute Gasteiger partial charge is 0.493 e. The molecule has 1 aromatic heterocycles. The van der Waals surface area contributed by atoms with Gasteiger partial charge in [0.1, 0.15) is 11.3 Å². The summed E-state index contributed by atoms with van der Waals surface area (Å²) in [5.41, 5.74) is 2.30. The van der Waals surface area contributed by atoms with E-state index >= 15 is 0 Å². The highest BCUT2D eigenvalue weighted by Gasteiger charge is 2.32. The fourth-order valence-corrected chi connectivity index (χ4v) is 2.98. The van der Waals surface area contributed by atoms with Crippen molar-refractivity contribution in [2.45, 2.75) is 6.92 Å². The van der Waals surface area contributed by atoms with Crippen LogP contribution in [-0.4, -0.2) is 17.5 Å². The van der Waals surface area contributed by atoms with Gasteiger partial charge in [0.25, 0.3) is 0 Å². The molecule has 2 aromatic carbocycles. The zero-order chi connectivity index (χ0) is 14.6. The zero-order valence-corrected chi connectivity index (χ0v) is 11.9. The summed E-state index contributed by atoms with van der Waals surface area (Å²) < 4.78 is 11.0. The van der Waals surface area contributed by atoms with Crippen LogP contribution in [0, 0.1) is 0 Å². The van der Waals surface area contributed by atoms with E-state index < -0.39 is 0 Å². The number of ketones is 1. The van der Waals surface area contributed by atoms with Gasteiger partial charge in [-0.05, 0) is 6.92 Å². The number of carbonyl (C=O) groups excluding carboxylic acids is 1. The van der Waals surface area contributed by atoms with Gasteiger partial charge in [0.15, 0.2) is 11.5 Å². The Labute approximate surface area is 125 Å². The van der Waals surface area contributed by atoms with Gasteiger partial charge < -0.3 is 9.26 Å². The van der Waals surface area contributed by atoms with Crippen molar-refractivity contribution in [2.75, 3.05) is 6.61 Å². The lowest BCUT2D eigenvalue weighted by Gasteiger charge is -2.17. The smallest absolute Gasteiger partial charge is 0.198 e. The monoisotopic (exact) mass is 299 g/mol. The molecule has 0 amide bonds. The average molecular weight is 300 g/mol. The lowest BCUT2D eigenvalue weighted by Crippen LogP contribution is -2.11. The molecule has 1 aliphatic rings. The van der Waals surface area contributed by atoms with Crippen LogP contribution in [0.25, 0.3) is 22.2 Å². The highest BCUT2D eigenvalue weighted by Crippen LogP contribution is 2.45. The van der Waals surface area contributed by atoms with Crippen LogP contribution in [0.15, 0.2) is 34.9 Å². The quantitative estimate of drug-likeness (QED) is 0.559. The number of carbonyl (C=O) groups is 1. The first kappa shape index (κ1) is 12.4. The summed E-state index contributed by atoms with van der Waals surface area (Å²) in [6, 6.07) is 8.93. The topological polar surface area (TPSA) is 52.3 Å². The van der Waals surface area contributed by atoms with E-state index in [4.69, 9.17) is 20.9 Å². The molecule has 0 saturated carbocycles. The van der Waals surface area contributed by atoms with Crippen LogP contribution < -0.4 is 4.74 Å². The van der Waals surface area contributed by atoms with Crippen molar-refractivity contribution in [3.63, 3.8) is 0 Å². The molecule has 0 spiro atoms. The van der Waals surface area contributed by atoms with Gasteiger partial charge in [0.2, 0.25) is 0 Å². The van der Waals surface area contributed by atoms with Gasteiger partial charge in [-0.15, -0.1) is 0 Å². The fraction of sp³-hybridized carbons (Fsp3) is 0.125. The Kier molecular flexibility index (Phi) is 2.56. The number of hydrogen-bond donors (Lipinski definition) is 0. The Bertz CT molecular complexity index is 898. The molecule has 3 aromatic rings. The van der Waals surface area contributed by atoms with Crippen LogP contribution in [0.3, 0.4) is 0 Å². The number of hydrogen-bond acceptors (Lipinski definition) is 4. The molecule has 0 bridgehead atoms. The third-order valence-corrected chi connectivity index (χ3v) is 3.90. The summed E-state index contributed by atoms with van der Waals surface area (Å²) in [6.07, 6.45) is 0. The molecule has 1 aliphatic carbocycles. The van der Waals surface area contributed by atoms with Crippen LogP contribution in [0.4, 0.5) is 0 Å². The van der Waals surface area contributed by atoms with Gasteiger partial charge in [-0.25, -0.2) is 0 Å². The standard InChI is InChI=1S/C16H10ClNO3/c1-2-20-11-7-10(17)14-13-12(11)15(19)8-5-3-4-6-9(8)16(13)21-18-14/h3-7H,2H2,1H3. The Morgan fingerprint density at radius 3 is 2.81 bits per heavy atom. The van der Waals surface area contributed by atoms with Crippen molar-refractivity contribution >= 4 is 28.3 Å². The van der Waals surface area contributed by atoms with Crippen molar-refractivity contribution in [3.05, 3.63) is 46.5 Å². The minimum absolute atomic E-state index is 0.0913. The summed E-state index contributed by atoms with van der Waals surface area (Å²) in [6.45, 7) is 2.31. The number of ether oxygens (including phenoxy) is 1. The molecular formula is C16H10ClNO3. The third kappa shape index (κ3) is 1.56. The lowest BCUT2D eigenvalue weighted by molar-refractivity contribution is 0.103. The number of halogens is 1. The molecule has 4 nitrogen and oxygen atoms in total. The Morgan fingerprint density at radius 2 is 2.05 bits per heavy atom. The van der Waals surface area contributed by atoms with Crippen molar-refractivity contribution in [1.29, 1.82) is 0 Å². The minimum Gasteiger partial charge on any atom is -0.493 e. The van der Waals surface area contributed by atoms with E-state index in [2.05, 4.69) is 5.16 Å². The van der Waals surface area contributed by atoms with E-state index in [1.807, 2.05) is 25.1 Å².